The van der Waals surface area contributed by atoms with Crippen molar-refractivity contribution in [3.05, 3.63) is 33.8 Å². The van der Waals surface area contributed by atoms with E-state index in [2.05, 4.69) is 12.2 Å². The molecule has 1 aromatic rings. The van der Waals surface area contributed by atoms with Gasteiger partial charge in [-0.2, -0.15) is 0 Å². The molecule has 3 N–H and O–H groups in total. The van der Waals surface area contributed by atoms with Gasteiger partial charge in [0.15, 0.2) is 0 Å². The summed E-state index contributed by atoms with van der Waals surface area (Å²) in [4.78, 5) is 0. The molecule has 0 amide bonds. The van der Waals surface area contributed by atoms with Gasteiger partial charge >= 0.3 is 0 Å². The van der Waals surface area contributed by atoms with Gasteiger partial charge in [0, 0.05) is 19.1 Å². The number of halogens is 2. The van der Waals surface area contributed by atoms with Crippen molar-refractivity contribution in [1.82, 2.24) is 5.32 Å². The summed E-state index contributed by atoms with van der Waals surface area (Å²) in [6.45, 7) is 3.63. The van der Waals surface area contributed by atoms with Crippen LogP contribution in [0.5, 0.6) is 0 Å². The van der Waals surface area contributed by atoms with Crippen LogP contribution < -0.4 is 11.1 Å². The van der Waals surface area contributed by atoms with Gasteiger partial charge in [-0.3, -0.25) is 0 Å². The number of rotatable bonds is 6. The highest BCUT2D eigenvalue weighted by Crippen LogP contribution is 2.26. The van der Waals surface area contributed by atoms with Gasteiger partial charge in [-0.15, -0.1) is 0 Å². The number of benzene rings is 1. The molecule has 1 rings (SSSR count). The Balaban J connectivity index is 2.66. The fourth-order valence-corrected chi connectivity index (χ4v) is 2.02. The second kappa shape index (κ2) is 7.13. The molecule has 2 nitrogen and oxygen atoms in total. The summed E-state index contributed by atoms with van der Waals surface area (Å²) >= 11 is 12.1. The Hall–Kier alpha value is -0.280. The first-order valence-corrected chi connectivity index (χ1v) is 6.31. The molecule has 0 bridgehead atoms. The summed E-state index contributed by atoms with van der Waals surface area (Å²) in [5.41, 5.74) is 6.56. The van der Waals surface area contributed by atoms with Crippen molar-refractivity contribution >= 4 is 23.2 Å². The molecule has 0 fully saturated rings. The zero-order chi connectivity index (χ0) is 12.0. The van der Waals surface area contributed by atoms with Gasteiger partial charge in [0.2, 0.25) is 0 Å². The molecule has 0 aliphatic heterocycles. The summed E-state index contributed by atoms with van der Waals surface area (Å²) in [6.07, 6.45) is 1.93. The van der Waals surface area contributed by atoms with Gasteiger partial charge in [0.25, 0.3) is 0 Å². The molecule has 1 aromatic carbocycles. The normalized spacial score (nSPS) is 12.8. The largest absolute Gasteiger partial charge is 0.329 e. The molecule has 0 radical (unpaired) electrons. The molecule has 0 heterocycles. The molecule has 0 aliphatic rings. The van der Waals surface area contributed by atoms with E-state index in [0.29, 0.717) is 22.6 Å². The van der Waals surface area contributed by atoms with Gasteiger partial charge < -0.3 is 11.1 Å². The summed E-state index contributed by atoms with van der Waals surface area (Å²) in [5.74, 6) is 0. The van der Waals surface area contributed by atoms with Crippen LogP contribution in [0.4, 0.5) is 0 Å². The van der Waals surface area contributed by atoms with Crippen LogP contribution in [0, 0.1) is 0 Å². The van der Waals surface area contributed by atoms with Gasteiger partial charge in [-0.1, -0.05) is 42.3 Å². The van der Waals surface area contributed by atoms with Crippen molar-refractivity contribution in [2.24, 2.45) is 5.73 Å². The first-order chi connectivity index (χ1) is 7.69. The minimum absolute atomic E-state index is 0.402. The highest BCUT2D eigenvalue weighted by atomic mass is 35.5. The number of nitrogens with two attached hydrogens (primary N) is 1. The smallest absolute Gasteiger partial charge is 0.0624 e. The Morgan fingerprint density at radius 3 is 2.75 bits per heavy atom. The average molecular weight is 261 g/mol. The molecule has 4 heteroatoms. The lowest BCUT2D eigenvalue weighted by atomic mass is 10.0. The molecule has 90 valence electrons. The van der Waals surface area contributed by atoms with E-state index in [4.69, 9.17) is 28.9 Å². The van der Waals surface area contributed by atoms with Gasteiger partial charge in [-0.25, -0.2) is 0 Å². The van der Waals surface area contributed by atoms with E-state index >= 15 is 0 Å². The van der Waals surface area contributed by atoms with E-state index in [1.165, 1.54) is 0 Å². The lowest BCUT2D eigenvalue weighted by Crippen LogP contribution is -2.34. The van der Waals surface area contributed by atoms with Crippen LogP contribution >= 0.6 is 23.2 Å². The van der Waals surface area contributed by atoms with Crippen molar-refractivity contribution in [2.75, 3.05) is 13.1 Å². The fraction of sp³-hybridized carbons (Fsp3) is 0.500. The highest BCUT2D eigenvalue weighted by molar-refractivity contribution is 6.42. The van der Waals surface area contributed by atoms with Gasteiger partial charge in [0.1, 0.15) is 0 Å². The zero-order valence-corrected chi connectivity index (χ0v) is 11.0. The fourth-order valence-electron chi connectivity index (χ4n) is 1.62. The summed E-state index contributed by atoms with van der Waals surface area (Å²) in [5, 5.41) is 4.67. The molecule has 0 spiro atoms. The monoisotopic (exact) mass is 260 g/mol. The Kier molecular flexibility index (Phi) is 6.14. The Bertz CT molecular complexity index is 329. The van der Waals surface area contributed by atoms with Crippen LogP contribution in [0.25, 0.3) is 0 Å². The second-order valence-electron chi connectivity index (χ2n) is 3.77. The molecular weight excluding hydrogens is 243 g/mol. The molecule has 16 heavy (non-hydrogen) atoms. The summed E-state index contributed by atoms with van der Waals surface area (Å²) in [7, 11) is 0. The molecule has 0 aromatic heterocycles. The summed E-state index contributed by atoms with van der Waals surface area (Å²) < 4.78 is 0. The van der Waals surface area contributed by atoms with E-state index in [9.17, 15) is 0 Å². The van der Waals surface area contributed by atoms with E-state index in [-0.39, 0.29) is 0 Å². The van der Waals surface area contributed by atoms with Crippen molar-refractivity contribution < 1.29 is 0 Å². The topological polar surface area (TPSA) is 38.0 Å². The predicted octanol–water partition coefficient (Wildman–Crippen LogP) is 2.86. The van der Waals surface area contributed by atoms with Gasteiger partial charge in [-0.05, 0) is 24.5 Å². The number of nitrogens with one attached hydrogen (secondary N) is 1. The SMILES string of the molecule is CCC(Cc1cccc(Cl)c1Cl)NCCN. The quantitative estimate of drug-likeness (QED) is 0.826. The Morgan fingerprint density at radius 2 is 2.12 bits per heavy atom. The maximum atomic E-state index is 6.14. The number of hydrogen-bond acceptors (Lipinski definition) is 2. The molecule has 0 saturated heterocycles. The first-order valence-electron chi connectivity index (χ1n) is 5.55. The van der Waals surface area contributed by atoms with E-state index in [1.807, 2.05) is 18.2 Å². The van der Waals surface area contributed by atoms with Crippen LogP contribution in [0.15, 0.2) is 18.2 Å². The van der Waals surface area contributed by atoms with E-state index < -0.39 is 0 Å². The molecule has 1 unspecified atom stereocenters. The third-order valence-corrected chi connectivity index (χ3v) is 3.43. The summed E-state index contributed by atoms with van der Waals surface area (Å²) in [6, 6.07) is 6.15. The van der Waals surface area contributed by atoms with Crippen molar-refractivity contribution in [2.45, 2.75) is 25.8 Å². The maximum absolute atomic E-state index is 6.14. The molecular formula is C12H18Cl2N2. The Morgan fingerprint density at radius 1 is 1.38 bits per heavy atom. The molecule has 0 aliphatic carbocycles. The molecule has 1 atom stereocenters. The van der Waals surface area contributed by atoms with Crippen molar-refractivity contribution in [1.29, 1.82) is 0 Å². The third-order valence-electron chi connectivity index (χ3n) is 2.57. The Labute approximate surface area is 107 Å². The van der Waals surface area contributed by atoms with Crippen molar-refractivity contribution in [3.8, 4) is 0 Å². The lowest BCUT2D eigenvalue weighted by molar-refractivity contribution is 0.502. The van der Waals surface area contributed by atoms with Crippen LogP contribution in [0.2, 0.25) is 10.0 Å². The lowest BCUT2D eigenvalue weighted by Gasteiger charge is -2.17. The minimum Gasteiger partial charge on any atom is -0.329 e. The standard InChI is InChI=1S/C12H18Cl2N2/c1-2-10(16-7-6-15)8-9-4-3-5-11(13)12(9)14/h3-5,10,16H,2,6-8,15H2,1H3. The molecule has 0 saturated carbocycles. The highest BCUT2D eigenvalue weighted by Gasteiger charge is 2.10. The predicted molar refractivity (Wildman–Crippen MR) is 71.3 cm³/mol. The van der Waals surface area contributed by atoms with Crippen LogP contribution in [-0.4, -0.2) is 19.1 Å². The average Bonchev–Trinajstić information content (AvgIpc) is 2.30. The van der Waals surface area contributed by atoms with E-state index in [0.717, 1.165) is 24.9 Å². The van der Waals surface area contributed by atoms with Gasteiger partial charge in [0.05, 0.1) is 10.0 Å². The van der Waals surface area contributed by atoms with Crippen LogP contribution in [-0.2, 0) is 6.42 Å². The van der Waals surface area contributed by atoms with Crippen molar-refractivity contribution in [3.63, 3.8) is 0 Å². The number of hydrogen-bond donors (Lipinski definition) is 2. The first kappa shape index (κ1) is 13.8. The zero-order valence-electron chi connectivity index (χ0n) is 9.47. The van der Waals surface area contributed by atoms with Crippen LogP contribution in [0.3, 0.4) is 0 Å². The van der Waals surface area contributed by atoms with E-state index in [1.54, 1.807) is 0 Å². The van der Waals surface area contributed by atoms with Crippen LogP contribution in [0.1, 0.15) is 18.9 Å². The third kappa shape index (κ3) is 3.95. The maximum Gasteiger partial charge on any atom is 0.0624 e. The second-order valence-corrected chi connectivity index (χ2v) is 4.55. The minimum atomic E-state index is 0.402.